The topological polar surface area (TPSA) is 99.2 Å². The number of rotatable bonds is 5. The van der Waals surface area contributed by atoms with Gasteiger partial charge in [-0.2, -0.15) is 4.98 Å². The number of nitrogens with zero attached hydrogens (tertiary/aromatic N) is 3. The molecule has 1 amide bonds. The molecule has 4 aromatic rings. The van der Waals surface area contributed by atoms with E-state index in [1.54, 1.807) is 19.1 Å². The predicted molar refractivity (Wildman–Crippen MR) is 113 cm³/mol. The van der Waals surface area contributed by atoms with Gasteiger partial charge in [0.15, 0.2) is 5.82 Å². The highest BCUT2D eigenvalue weighted by molar-refractivity contribution is 5.95. The van der Waals surface area contributed by atoms with Gasteiger partial charge in [-0.15, -0.1) is 0 Å². The molecule has 0 aliphatic heterocycles. The minimum atomic E-state index is -0.342. The van der Waals surface area contributed by atoms with Gasteiger partial charge in [-0.05, 0) is 37.6 Å². The number of carbonyl (C=O) groups is 1. The summed E-state index contributed by atoms with van der Waals surface area (Å²) in [5, 5.41) is 7.37. The Balaban J connectivity index is 1.72. The number of aromatic nitrogens is 3. The third-order valence-corrected chi connectivity index (χ3v) is 4.71. The molecule has 152 valence electrons. The highest BCUT2D eigenvalue weighted by Crippen LogP contribution is 2.27. The number of methoxy groups -OCH3 is 1. The van der Waals surface area contributed by atoms with Crippen molar-refractivity contribution in [1.29, 1.82) is 0 Å². The lowest BCUT2D eigenvalue weighted by atomic mass is 10.1. The molecule has 2 aromatic heterocycles. The van der Waals surface area contributed by atoms with Crippen molar-refractivity contribution in [3.63, 3.8) is 0 Å². The van der Waals surface area contributed by atoms with E-state index in [1.165, 1.54) is 17.7 Å². The summed E-state index contributed by atoms with van der Waals surface area (Å²) in [6.45, 7) is 3.48. The van der Waals surface area contributed by atoms with E-state index in [2.05, 4.69) is 15.5 Å². The van der Waals surface area contributed by atoms with Gasteiger partial charge in [-0.3, -0.25) is 14.2 Å². The van der Waals surface area contributed by atoms with Crippen molar-refractivity contribution in [2.24, 2.45) is 0 Å². The van der Waals surface area contributed by atoms with Crippen molar-refractivity contribution >= 4 is 22.5 Å². The molecule has 0 spiro atoms. The third kappa shape index (κ3) is 3.67. The molecular formula is C22H20N4O4. The highest BCUT2D eigenvalue weighted by Gasteiger charge is 2.17. The number of pyridine rings is 1. The summed E-state index contributed by atoms with van der Waals surface area (Å²) < 4.78 is 12.0. The van der Waals surface area contributed by atoms with E-state index in [9.17, 15) is 9.59 Å². The predicted octanol–water partition coefficient (Wildman–Crippen LogP) is 3.32. The second kappa shape index (κ2) is 7.82. The maximum atomic E-state index is 12.9. The first-order valence-corrected chi connectivity index (χ1v) is 9.34. The first-order valence-electron chi connectivity index (χ1n) is 9.34. The first-order chi connectivity index (χ1) is 14.5. The molecule has 0 bridgehead atoms. The number of benzene rings is 2. The Labute approximate surface area is 172 Å². The number of fused-ring (bicyclic) bond motifs is 1. The fourth-order valence-corrected chi connectivity index (χ4v) is 3.33. The fourth-order valence-electron chi connectivity index (χ4n) is 3.33. The standard InChI is InChI=1S/C22H20N4O4/c1-13-8-9-19(29-3)17(10-13)24-20(27)12-26-18-7-5-4-6-15(18)16(11-21(26)28)22-23-14(2)25-30-22/h4-11H,12H2,1-3H3,(H,24,27). The van der Waals surface area contributed by atoms with Crippen LogP contribution in [0.15, 0.2) is 57.8 Å². The zero-order chi connectivity index (χ0) is 21.3. The minimum absolute atomic E-state index is 0.153. The molecule has 1 N–H and O–H groups in total. The lowest BCUT2D eigenvalue weighted by Gasteiger charge is -2.14. The summed E-state index contributed by atoms with van der Waals surface area (Å²) in [5.41, 5.74) is 2.33. The van der Waals surface area contributed by atoms with Crippen LogP contribution in [0.25, 0.3) is 22.4 Å². The van der Waals surface area contributed by atoms with Gasteiger partial charge in [0.05, 0.1) is 23.9 Å². The molecular weight excluding hydrogens is 384 g/mol. The fraction of sp³-hybridized carbons (Fsp3) is 0.182. The average Bonchev–Trinajstić information content (AvgIpc) is 3.16. The van der Waals surface area contributed by atoms with Crippen LogP contribution >= 0.6 is 0 Å². The van der Waals surface area contributed by atoms with Crippen molar-refractivity contribution in [3.8, 4) is 17.2 Å². The second-order valence-electron chi connectivity index (χ2n) is 6.90. The maximum absolute atomic E-state index is 12.9. The normalized spacial score (nSPS) is 10.9. The molecule has 4 rings (SSSR count). The molecule has 30 heavy (non-hydrogen) atoms. The van der Waals surface area contributed by atoms with Gasteiger partial charge in [0.2, 0.25) is 5.91 Å². The molecule has 2 heterocycles. The summed E-state index contributed by atoms with van der Waals surface area (Å²) in [7, 11) is 1.54. The summed E-state index contributed by atoms with van der Waals surface area (Å²) in [6.07, 6.45) is 0. The van der Waals surface area contributed by atoms with E-state index in [1.807, 2.05) is 37.3 Å². The van der Waals surface area contributed by atoms with Crippen LogP contribution in [0.3, 0.4) is 0 Å². The maximum Gasteiger partial charge on any atom is 0.258 e. The van der Waals surface area contributed by atoms with Crippen LogP contribution in [0.4, 0.5) is 5.69 Å². The molecule has 0 saturated heterocycles. The summed E-state index contributed by atoms with van der Waals surface area (Å²) in [5.74, 6) is 0.951. The van der Waals surface area contributed by atoms with Crippen LogP contribution in [-0.4, -0.2) is 27.7 Å². The third-order valence-electron chi connectivity index (χ3n) is 4.71. The molecule has 8 heteroatoms. The highest BCUT2D eigenvalue weighted by atomic mass is 16.5. The van der Waals surface area contributed by atoms with Crippen LogP contribution in [-0.2, 0) is 11.3 Å². The number of amides is 1. The molecule has 0 saturated carbocycles. The number of para-hydroxylation sites is 1. The Kier molecular flexibility index (Phi) is 5.05. The number of hydrogen-bond donors (Lipinski definition) is 1. The SMILES string of the molecule is COc1ccc(C)cc1NC(=O)Cn1c(=O)cc(-c2nc(C)no2)c2ccccc21. The van der Waals surface area contributed by atoms with Crippen molar-refractivity contribution in [3.05, 3.63) is 70.3 Å². The van der Waals surface area contributed by atoms with Gasteiger partial charge in [0.25, 0.3) is 11.4 Å². The zero-order valence-corrected chi connectivity index (χ0v) is 16.8. The van der Waals surface area contributed by atoms with Gasteiger partial charge in [0.1, 0.15) is 12.3 Å². The molecule has 0 aliphatic carbocycles. The van der Waals surface area contributed by atoms with Gasteiger partial charge in [0, 0.05) is 11.5 Å². The molecule has 0 aliphatic rings. The smallest absolute Gasteiger partial charge is 0.258 e. The summed E-state index contributed by atoms with van der Waals surface area (Å²) in [6, 6.07) is 14.2. The summed E-state index contributed by atoms with van der Waals surface area (Å²) >= 11 is 0. The number of nitrogens with one attached hydrogen (secondary N) is 1. The lowest BCUT2D eigenvalue weighted by Crippen LogP contribution is -2.28. The number of ether oxygens (including phenoxy) is 1. The average molecular weight is 404 g/mol. The van der Waals surface area contributed by atoms with Gasteiger partial charge in [-0.25, -0.2) is 0 Å². The quantitative estimate of drug-likeness (QED) is 0.548. The Bertz CT molecular complexity index is 1310. The summed E-state index contributed by atoms with van der Waals surface area (Å²) in [4.78, 5) is 29.8. The monoisotopic (exact) mass is 404 g/mol. The zero-order valence-electron chi connectivity index (χ0n) is 16.8. The molecule has 0 radical (unpaired) electrons. The van der Waals surface area contributed by atoms with E-state index >= 15 is 0 Å². The van der Waals surface area contributed by atoms with Crippen molar-refractivity contribution < 1.29 is 14.1 Å². The number of aryl methyl sites for hydroxylation is 2. The van der Waals surface area contributed by atoms with E-state index in [0.717, 1.165) is 10.9 Å². The van der Waals surface area contributed by atoms with E-state index < -0.39 is 0 Å². The molecule has 8 nitrogen and oxygen atoms in total. The van der Waals surface area contributed by atoms with Crippen molar-refractivity contribution in [2.45, 2.75) is 20.4 Å². The van der Waals surface area contributed by atoms with Gasteiger partial charge < -0.3 is 14.6 Å². The molecule has 0 fully saturated rings. The number of carbonyl (C=O) groups excluding carboxylic acids is 1. The van der Waals surface area contributed by atoms with Crippen LogP contribution < -0.4 is 15.6 Å². The Morgan fingerprint density at radius 3 is 2.70 bits per heavy atom. The van der Waals surface area contributed by atoms with Crippen LogP contribution in [0, 0.1) is 13.8 Å². The Hall–Kier alpha value is -3.94. The van der Waals surface area contributed by atoms with E-state index in [0.29, 0.717) is 28.3 Å². The first kappa shape index (κ1) is 19.4. The second-order valence-corrected chi connectivity index (χ2v) is 6.90. The van der Waals surface area contributed by atoms with Gasteiger partial charge >= 0.3 is 0 Å². The van der Waals surface area contributed by atoms with Crippen molar-refractivity contribution in [1.82, 2.24) is 14.7 Å². The van der Waals surface area contributed by atoms with Crippen LogP contribution in [0.5, 0.6) is 5.75 Å². The lowest BCUT2D eigenvalue weighted by molar-refractivity contribution is -0.116. The largest absolute Gasteiger partial charge is 0.495 e. The van der Waals surface area contributed by atoms with Crippen LogP contribution in [0.2, 0.25) is 0 Å². The minimum Gasteiger partial charge on any atom is -0.495 e. The van der Waals surface area contributed by atoms with E-state index in [4.69, 9.17) is 9.26 Å². The van der Waals surface area contributed by atoms with Gasteiger partial charge in [-0.1, -0.05) is 29.4 Å². The number of anilines is 1. The van der Waals surface area contributed by atoms with Crippen LogP contribution in [0.1, 0.15) is 11.4 Å². The molecule has 0 atom stereocenters. The Morgan fingerprint density at radius 1 is 1.17 bits per heavy atom. The molecule has 2 aromatic carbocycles. The van der Waals surface area contributed by atoms with Crippen molar-refractivity contribution in [2.75, 3.05) is 12.4 Å². The van der Waals surface area contributed by atoms with E-state index in [-0.39, 0.29) is 23.9 Å². The molecule has 0 unspecified atom stereocenters. The Morgan fingerprint density at radius 2 is 1.97 bits per heavy atom. The number of hydrogen-bond acceptors (Lipinski definition) is 6.